The first-order chi connectivity index (χ1) is 7.36. The van der Waals surface area contributed by atoms with E-state index in [-0.39, 0.29) is 0 Å². The Morgan fingerprint density at radius 2 is 2.20 bits per heavy atom. The van der Waals surface area contributed by atoms with E-state index in [0.717, 1.165) is 18.9 Å². The highest BCUT2D eigenvalue weighted by Crippen LogP contribution is 2.26. The summed E-state index contributed by atoms with van der Waals surface area (Å²) >= 11 is 0. The second-order valence-electron chi connectivity index (χ2n) is 4.14. The summed E-state index contributed by atoms with van der Waals surface area (Å²) in [5.41, 5.74) is 0. The Kier molecular flexibility index (Phi) is 2.02. The van der Waals surface area contributed by atoms with Crippen molar-refractivity contribution in [1.29, 1.82) is 0 Å². The third-order valence-electron chi connectivity index (χ3n) is 3.25. The van der Waals surface area contributed by atoms with E-state index in [0.29, 0.717) is 11.9 Å². The van der Waals surface area contributed by atoms with Crippen molar-refractivity contribution in [3.05, 3.63) is 18.2 Å². The maximum absolute atomic E-state index is 5.15. The second-order valence-corrected chi connectivity index (χ2v) is 4.14. The van der Waals surface area contributed by atoms with Crippen LogP contribution in [0.1, 0.15) is 0 Å². The zero-order chi connectivity index (χ0) is 10.3. The molecule has 0 spiro atoms. The summed E-state index contributed by atoms with van der Waals surface area (Å²) in [6.07, 6.45) is 0. The molecule has 0 atom stereocenters. The van der Waals surface area contributed by atoms with Crippen LogP contribution in [0.25, 0.3) is 0 Å². The van der Waals surface area contributed by atoms with E-state index in [1.54, 1.807) is 7.11 Å². The molecular formula is C11H15N3O. The average molecular weight is 205 g/mol. The molecule has 3 saturated heterocycles. The quantitative estimate of drug-likeness (QED) is 0.706. The van der Waals surface area contributed by atoms with Gasteiger partial charge in [-0.15, -0.1) is 0 Å². The van der Waals surface area contributed by atoms with Gasteiger partial charge in [-0.2, -0.15) is 4.98 Å². The molecule has 4 nitrogen and oxygen atoms in total. The maximum Gasteiger partial charge on any atom is 0.214 e. The number of anilines is 1. The number of pyridine rings is 1. The fraction of sp³-hybridized carbons (Fsp3) is 0.545. The average Bonchev–Trinajstić information content (AvgIpc) is 2.28. The summed E-state index contributed by atoms with van der Waals surface area (Å²) in [5.74, 6) is 1.76. The minimum atomic E-state index is 0.665. The van der Waals surface area contributed by atoms with Crippen LogP contribution in [0.3, 0.4) is 0 Å². The van der Waals surface area contributed by atoms with Crippen molar-refractivity contribution in [2.75, 3.05) is 38.2 Å². The first kappa shape index (κ1) is 8.97. The van der Waals surface area contributed by atoms with E-state index in [4.69, 9.17) is 4.74 Å². The predicted molar refractivity (Wildman–Crippen MR) is 58.4 cm³/mol. The number of fused-ring (bicyclic) bond motifs is 2. The summed E-state index contributed by atoms with van der Waals surface area (Å²) in [4.78, 5) is 9.34. The van der Waals surface area contributed by atoms with Crippen LogP contribution in [0, 0.1) is 0 Å². The number of rotatable bonds is 2. The van der Waals surface area contributed by atoms with E-state index in [9.17, 15) is 0 Å². The lowest BCUT2D eigenvalue weighted by Crippen LogP contribution is -2.66. The molecule has 15 heavy (non-hydrogen) atoms. The van der Waals surface area contributed by atoms with Gasteiger partial charge in [-0.3, -0.25) is 4.90 Å². The number of hydrogen-bond donors (Lipinski definition) is 0. The van der Waals surface area contributed by atoms with E-state index >= 15 is 0 Å². The van der Waals surface area contributed by atoms with Crippen molar-refractivity contribution in [2.45, 2.75) is 6.04 Å². The molecule has 0 radical (unpaired) electrons. The Morgan fingerprint density at radius 3 is 2.87 bits per heavy atom. The normalized spacial score (nSPS) is 28.5. The zero-order valence-corrected chi connectivity index (χ0v) is 8.89. The van der Waals surface area contributed by atoms with E-state index < -0.39 is 0 Å². The Bertz CT molecular complexity index is 360. The van der Waals surface area contributed by atoms with Crippen molar-refractivity contribution in [3.8, 4) is 5.88 Å². The molecule has 4 rings (SSSR count). The van der Waals surface area contributed by atoms with E-state index in [1.807, 2.05) is 12.1 Å². The van der Waals surface area contributed by atoms with Gasteiger partial charge in [0.15, 0.2) is 0 Å². The molecule has 0 aromatic carbocycles. The first-order valence-corrected chi connectivity index (χ1v) is 5.37. The molecule has 4 heteroatoms. The van der Waals surface area contributed by atoms with Crippen molar-refractivity contribution in [1.82, 2.24) is 9.88 Å². The Morgan fingerprint density at radius 1 is 1.33 bits per heavy atom. The molecule has 3 aliphatic heterocycles. The number of aromatic nitrogens is 1. The van der Waals surface area contributed by atoms with Gasteiger partial charge in [-0.1, -0.05) is 6.07 Å². The highest BCUT2D eigenvalue weighted by atomic mass is 16.5. The molecule has 3 aliphatic rings. The van der Waals surface area contributed by atoms with Gasteiger partial charge in [0.1, 0.15) is 5.82 Å². The summed E-state index contributed by atoms with van der Waals surface area (Å²) in [5, 5.41) is 0. The van der Waals surface area contributed by atoms with Gasteiger partial charge in [-0.25, -0.2) is 0 Å². The van der Waals surface area contributed by atoms with Crippen LogP contribution < -0.4 is 9.64 Å². The zero-order valence-electron chi connectivity index (χ0n) is 8.89. The summed E-state index contributed by atoms with van der Waals surface area (Å²) < 4.78 is 5.15. The number of ether oxygens (including phenoxy) is 1. The topological polar surface area (TPSA) is 28.6 Å². The first-order valence-electron chi connectivity index (χ1n) is 5.37. The fourth-order valence-corrected chi connectivity index (χ4v) is 2.33. The lowest BCUT2D eigenvalue weighted by molar-refractivity contribution is 0.109. The van der Waals surface area contributed by atoms with E-state index in [1.165, 1.54) is 13.1 Å². The summed E-state index contributed by atoms with van der Waals surface area (Å²) in [7, 11) is 1.66. The molecule has 0 amide bonds. The molecule has 0 saturated carbocycles. The number of nitrogens with zero attached hydrogens (tertiary/aromatic N) is 3. The number of methoxy groups -OCH3 is 1. The predicted octanol–water partition coefficient (Wildman–Crippen LogP) is 0.594. The SMILES string of the molecule is COc1cccc(N2CCN3CC2C3)n1. The van der Waals surface area contributed by atoms with Crippen LogP contribution in [-0.4, -0.2) is 49.2 Å². The van der Waals surface area contributed by atoms with Gasteiger partial charge in [-0.05, 0) is 6.07 Å². The summed E-state index contributed by atoms with van der Waals surface area (Å²) in [6.45, 7) is 4.64. The van der Waals surface area contributed by atoms with Crippen molar-refractivity contribution in [2.24, 2.45) is 0 Å². The molecule has 3 fully saturated rings. The van der Waals surface area contributed by atoms with Crippen molar-refractivity contribution >= 4 is 5.82 Å². The van der Waals surface area contributed by atoms with Crippen molar-refractivity contribution < 1.29 is 4.74 Å². The lowest BCUT2D eigenvalue weighted by Gasteiger charge is -2.51. The number of piperazine rings is 2. The van der Waals surface area contributed by atoms with Crippen LogP contribution >= 0.6 is 0 Å². The standard InChI is InChI=1S/C11H15N3O/c1-15-11-4-2-3-10(12-11)14-6-5-13-7-9(14)8-13/h2-4,9H,5-8H2,1H3. The third kappa shape index (κ3) is 1.45. The molecule has 0 unspecified atom stereocenters. The molecule has 2 bridgehead atoms. The van der Waals surface area contributed by atoms with E-state index in [2.05, 4.69) is 20.9 Å². The van der Waals surface area contributed by atoms with Gasteiger partial charge >= 0.3 is 0 Å². The lowest BCUT2D eigenvalue weighted by atomic mass is 10.0. The van der Waals surface area contributed by atoms with Gasteiger partial charge in [0.25, 0.3) is 0 Å². The molecule has 1 aromatic heterocycles. The monoisotopic (exact) mass is 205 g/mol. The van der Waals surface area contributed by atoms with Crippen LogP contribution in [0.15, 0.2) is 18.2 Å². The Balaban J connectivity index is 1.84. The molecule has 4 heterocycles. The van der Waals surface area contributed by atoms with Crippen molar-refractivity contribution in [3.63, 3.8) is 0 Å². The molecular weight excluding hydrogens is 190 g/mol. The third-order valence-corrected chi connectivity index (χ3v) is 3.25. The molecule has 0 aliphatic carbocycles. The van der Waals surface area contributed by atoms with Gasteiger partial charge in [0.2, 0.25) is 5.88 Å². The minimum Gasteiger partial charge on any atom is -0.481 e. The minimum absolute atomic E-state index is 0.665. The highest BCUT2D eigenvalue weighted by Gasteiger charge is 2.37. The Labute approximate surface area is 89.5 Å². The van der Waals surface area contributed by atoms with Crippen LogP contribution in [0.4, 0.5) is 5.82 Å². The van der Waals surface area contributed by atoms with Crippen LogP contribution in [-0.2, 0) is 0 Å². The second kappa shape index (κ2) is 3.38. The molecule has 1 aromatic rings. The number of hydrogen-bond acceptors (Lipinski definition) is 4. The fourth-order valence-electron chi connectivity index (χ4n) is 2.33. The molecule has 80 valence electrons. The smallest absolute Gasteiger partial charge is 0.214 e. The van der Waals surface area contributed by atoms with Gasteiger partial charge in [0, 0.05) is 32.2 Å². The largest absolute Gasteiger partial charge is 0.481 e. The van der Waals surface area contributed by atoms with Crippen LogP contribution in [0.2, 0.25) is 0 Å². The maximum atomic E-state index is 5.15. The molecule has 0 N–H and O–H groups in total. The van der Waals surface area contributed by atoms with Gasteiger partial charge < -0.3 is 9.64 Å². The van der Waals surface area contributed by atoms with Gasteiger partial charge in [0.05, 0.1) is 13.2 Å². The Hall–Kier alpha value is -1.29. The summed E-state index contributed by atoms with van der Waals surface area (Å²) in [6, 6.07) is 6.63. The van der Waals surface area contributed by atoms with Crippen LogP contribution in [0.5, 0.6) is 5.88 Å². The highest BCUT2D eigenvalue weighted by molar-refractivity contribution is 5.44.